The molecular weight excluding hydrogens is 388 g/mol. The van der Waals surface area contributed by atoms with Crippen LogP contribution in [0.5, 0.6) is 0 Å². The van der Waals surface area contributed by atoms with E-state index >= 15 is 0 Å². The number of rotatable bonds is 3. The maximum absolute atomic E-state index is 7.04. The first-order valence-electron chi connectivity index (χ1n) is 11.1. The smallest absolute Gasteiger partial charge is 0.0480 e. The van der Waals surface area contributed by atoms with E-state index in [0.29, 0.717) is 0 Å². The molecule has 0 unspecified atom stereocenters. The van der Waals surface area contributed by atoms with Gasteiger partial charge in [-0.1, -0.05) is 59.7 Å². The van der Waals surface area contributed by atoms with Gasteiger partial charge >= 0.3 is 0 Å². The van der Waals surface area contributed by atoms with E-state index in [1.165, 1.54) is 44.5 Å². The number of aryl methyl sites for hydroxylation is 6. The van der Waals surface area contributed by atoms with Crippen LogP contribution in [0.25, 0.3) is 33.4 Å². The van der Waals surface area contributed by atoms with Crippen LogP contribution < -0.4 is 11.5 Å². The summed E-state index contributed by atoms with van der Waals surface area (Å²) in [7, 11) is 0. The van der Waals surface area contributed by atoms with Gasteiger partial charge in [0.25, 0.3) is 0 Å². The van der Waals surface area contributed by atoms with Gasteiger partial charge in [-0.3, -0.25) is 0 Å². The number of hydrogen-bond donors (Lipinski definition) is 2. The van der Waals surface area contributed by atoms with Gasteiger partial charge in [-0.05, 0) is 98.2 Å². The van der Waals surface area contributed by atoms with Crippen LogP contribution in [-0.4, -0.2) is 0 Å². The quantitative estimate of drug-likeness (QED) is 0.334. The fraction of sp³-hybridized carbons (Fsp3) is 0.200. The molecule has 4 N–H and O–H groups in total. The molecule has 2 heteroatoms. The number of nitrogen functional groups attached to an aromatic ring is 2. The summed E-state index contributed by atoms with van der Waals surface area (Å²) in [6.07, 6.45) is 0. The first kappa shape index (κ1) is 21.7. The maximum atomic E-state index is 7.04. The van der Waals surface area contributed by atoms with Gasteiger partial charge in [-0.25, -0.2) is 0 Å². The van der Waals surface area contributed by atoms with Crippen LogP contribution in [0.2, 0.25) is 0 Å². The second-order valence-electron chi connectivity index (χ2n) is 9.12. The van der Waals surface area contributed by atoms with Crippen LogP contribution in [-0.2, 0) is 0 Å². The van der Waals surface area contributed by atoms with E-state index < -0.39 is 0 Å². The molecule has 0 bridgehead atoms. The maximum Gasteiger partial charge on any atom is 0.0480 e. The average Bonchev–Trinajstić information content (AvgIpc) is 2.69. The zero-order valence-electron chi connectivity index (χ0n) is 19.9. The lowest BCUT2D eigenvalue weighted by Gasteiger charge is -2.22. The van der Waals surface area contributed by atoms with Crippen LogP contribution >= 0.6 is 0 Å². The Kier molecular flexibility index (Phi) is 5.56. The van der Waals surface area contributed by atoms with Crippen molar-refractivity contribution in [2.45, 2.75) is 41.5 Å². The third-order valence-corrected chi connectivity index (χ3v) is 6.32. The fourth-order valence-electron chi connectivity index (χ4n) is 5.23. The third kappa shape index (κ3) is 3.78. The van der Waals surface area contributed by atoms with Crippen molar-refractivity contribution in [2.24, 2.45) is 0 Å². The molecule has 4 rings (SSSR count). The van der Waals surface area contributed by atoms with E-state index in [1.807, 2.05) is 18.2 Å². The van der Waals surface area contributed by atoms with Gasteiger partial charge in [0, 0.05) is 22.5 Å². The molecule has 0 aromatic heterocycles. The van der Waals surface area contributed by atoms with Gasteiger partial charge in [0.05, 0.1) is 0 Å². The highest BCUT2D eigenvalue weighted by Gasteiger charge is 2.20. The van der Waals surface area contributed by atoms with Crippen molar-refractivity contribution in [3.05, 3.63) is 94.0 Å². The molecule has 0 aliphatic heterocycles. The fourth-order valence-corrected chi connectivity index (χ4v) is 5.23. The molecule has 0 radical (unpaired) electrons. The highest BCUT2D eigenvalue weighted by Crippen LogP contribution is 2.45. The molecule has 2 nitrogen and oxygen atoms in total. The third-order valence-electron chi connectivity index (χ3n) is 6.32. The Morgan fingerprint density at radius 2 is 1.00 bits per heavy atom. The van der Waals surface area contributed by atoms with Crippen LogP contribution in [0.15, 0.2) is 60.7 Å². The Balaban J connectivity index is 2.11. The van der Waals surface area contributed by atoms with Crippen LogP contribution in [0.1, 0.15) is 33.4 Å². The molecule has 4 aromatic carbocycles. The zero-order valence-corrected chi connectivity index (χ0v) is 19.9. The average molecular weight is 421 g/mol. The molecule has 0 fully saturated rings. The molecule has 0 amide bonds. The first-order chi connectivity index (χ1) is 15.2. The predicted octanol–water partition coefficient (Wildman–Crippen LogP) is 7.70. The van der Waals surface area contributed by atoms with Gasteiger partial charge in [0.2, 0.25) is 0 Å². The molecule has 0 saturated heterocycles. The second kappa shape index (κ2) is 8.20. The number of benzene rings is 4. The Morgan fingerprint density at radius 1 is 0.500 bits per heavy atom. The minimum atomic E-state index is 0.749. The molecule has 0 heterocycles. The molecule has 162 valence electrons. The summed E-state index contributed by atoms with van der Waals surface area (Å²) in [5, 5.41) is 0. The lowest BCUT2D eigenvalue weighted by Crippen LogP contribution is -2.02. The normalized spacial score (nSPS) is 11.1. The van der Waals surface area contributed by atoms with E-state index in [4.69, 9.17) is 11.5 Å². The summed E-state index contributed by atoms with van der Waals surface area (Å²) in [4.78, 5) is 0. The van der Waals surface area contributed by atoms with Crippen molar-refractivity contribution in [3.63, 3.8) is 0 Å². The van der Waals surface area contributed by atoms with Crippen LogP contribution in [0.4, 0.5) is 11.4 Å². The summed E-state index contributed by atoms with van der Waals surface area (Å²) in [6.45, 7) is 13.0. The molecule has 0 spiro atoms. The second-order valence-corrected chi connectivity index (χ2v) is 9.12. The van der Waals surface area contributed by atoms with Crippen molar-refractivity contribution < 1.29 is 0 Å². The molecule has 0 aliphatic carbocycles. The monoisotopic (exact) mass is 420 g/mol. The van der Waals surface area contributed by atoms with E-state index in [2.05, 4.69) is 84.0 Å². The lowest BCUT2D eigenvalue weighted by atomic mass is 9.83. The lowest BCUT2D eigenvalue weighted by molar-refractivity contribution is 1.31. The van der Waals surface area contributed by atoms with E-state index in [-0.39, 0.29) is 0 Å². The summed E-state index contributed by atoms with van der Waals surface area (Å²) >= 11 is 0. The topological polar surface area (TPSA) is 52.0 Å². The van der Waals surface area contributed by atoms with Gasteiger partial charge in [0.15, 0.2) is 0 Å². The predicted molar refractivity (Wildman–Crippen MR) is 140 cm³/mol. The zero-order chi connectivity index (χ0) is 23.2. The van der Waals surface area contributed by atoms with Gasteiger partial charge in [-0.15, -0.1) is 0 Å². The number of hydrogen-bond acceptors (Lipinski definition) is 2. The summed E-state index contributed by atoms with van der Waals surface area (Å²) in [5.74, 6) is 0. The number of nitrogens with two attached hydrogens (primary N) is 2. The molecule has 4 aromatic rings. The molecular formula is C30H32N2. The highest BCUT2D eigenvalue weighted by atomic mass is 14.6. The van der Waals surface area contributed by atoms with Crippen LogP contribution in [0, 0.1) is 41.5 Å². The minimum absolute atomic E-state index is 0.749. The van der Waals surface area contributed by atoms with E-state index in [1.54, 1.807) is 0 Å². The first-order valence-corrected chi connectivity index (χ1v) is 11.1. The Morgan fingerprint density at radius 3 is 1.53 bits per heavy atom. The largest absolute Gasteiger partial charge is 0.399 e. The molecule has 0 aliphatic rings. The molecule has 32 heavy (non-hydrogen) atoms. The Bertz CT molecular complexity index is 1300. The van der Waals surface area contributed by atoms with Crippen molar-refractivity contribution in [2.75, 3.05) is 11.5 Å². The van der Waals surface area contributed by atoms with Crippen molar-refractivity contribution >= 4 is 11.4 Å². The summed E-state index contributed by atoms with van der Waals surface area (Å²) in [5.41, 5.74) is 29.0. The minimum Gasteiger partial charge on any atom is -0.399 e. The number of anilines is 2. The Labute approximate surface area is 191 Å². The SMILES string of the molecule is Cc1cc(C)c(-c2ccc(-c3cccc(N)c3)c(-c3c(C)cc(C)cc3C)c2N)c(C)c1. The van der Waals surface area contributed by atoms with Gasteiger partial charge in [-0.2, -0.15) is 0 Å². The highest BCUT2D eigenvalue weighted by molar-refractivity contribution is 6.00. The van der Waals surface area contributed by atoms with E-state index in [0.717, 1.165) is 33.6 Å². The standard InChI is InChI=1S/C30H32N2/c1-17-12-19(3)27(20(4)13-17)26-11-10-25(23-8-7-9-24(31)16-23)29(30(26)32)28-21(5)14-18(2)15-22(28)6/h7-16H,31-32H2,1-6H3. The van der Waals surface area contributed by atoms with Gasteiger partial charge < -0.3 is 11.5 Å². The molecule has 0 atom stereocenters. The van der Waals surface area contributed by atoms with Crippen molar-refractivity contribution in [1.29, 1.82) is 0 Å². The Hall–Kier alpha value is -3.52. The van der Waals surface area contributed by atoms with Crippen LogP contribution in [0.3, 0.4) is 0 Å². The van der Waals surface area contributed by atoms with Gasteiger partial charge in [0.1, 0.15) is 0 Å². The van der Waals surface area contributed by atoms with Crippen molar-refractivity contribution in [1.82, 2.24) is 0 Å². The van der Waals surface area contributed by atoms with Crippen molar-refractivity contribution in [3.8, 4) is 33.4 Å². The molecule has 0 saturated carbocycles. The summed E-state index contributed by atoms with van der Waals surface area (Å²) < 4.78 is 0. The van der Waals surface area contributed by atoms with E-state index in [9.17, 15) is 0 Å². The summed E-state index contributed by atoms with van der Waals surface area (Å²) in [6, 6.07) is 21.4.